The SMILES string of the molecule is COc1cnn(CC(C)(C)C)c1Br. The molecular formula is C9H15BrN2O. The second-order valence-electron chi connectivity index (χ2n) is 4.22. The van der Waals surface area contributed by atoms with Crippen LogP contribution in [0.2, 0.25) is 0 Å². The first-order valence-electron chi connectivity index (χ1n) is 4.19. The average molecular weight is 247 g/mol. The molecular weight excluding hydrogens is 232 g/mol. The highest BCUT2D eigenvalue weighted by Gasteiger charge is 2.15. The minimum Gasteiger partial charge on any atom is -0.492 e. The molecule has 1 aromatic heterocycles. The summed E-state index contributed by atoms with van der Waals surface area (Å²) in [5, 5.41) is 4.22. The minimum atomic E-state index is 0.222. The van der Waals surface area contributed by atoms with Crippen LogP contribution in [0.25, 0.3) is 0 Å². The van der Waals surface area contributed by atoms with Crippen molar-refractivity contribution in [2.24, 2.45) is 5.41 Å². The molecule has 0 N–H and O–H groups in total. The summed E-state index contributed by atoms with van der Waals surface area (Å²) in [4.78, 5) is 0. The standard InChI is InChI=1S/C9H15BrN2O/c1-9(2,3)6-12-8(10)7(13-4)5-11-12/h5H,6H2,1-4H3. The third-order valence-electron chi connectivity index (χ3n) is 1.59. The predicted molar refractivity (Wildman–Crippen MR) is 55.9 cm³/mol. The smallest absolute Gasteiger partial charge is 0.171 e. The monoisotopic (exact) mass is 246 g/mol. The molecule has 0 bridgehead atoms. The van der Waals surface area contributed by atoms with Crippen LogP contribution in [0, 0.1) is 5.41 Å². The Balaban J connectivity index is 2.84. The molecule has 0 spiro atoms. The number of rotatable bonds is 2. The molecule has 0 aliphatic rings. The van der Waals surface area contributed by atoms with Crippen molar-refractivity contribution in [2.75, 3.05) is 7.11 Å². The van der Waals surface area contributed by atoms with Crippen molar-refractivity contribution in [1.82, 2.24) is 9.78 Å². The van der Waals surface area contributed by atoms with Crippen LogP contribution in [0.3, 0.4) is 0 Å². The predicted octanol–water partition coefficient (Wildman–Crippen LogP) is 2.70. The number of nitrogens with zero attached hydrogens (tertiary/aromatic N) is 2. The number of methoxy groups -OCH3 is 1. The maximum absolute atomic E-state index is 5.11. The first kappa shape index (κ1) is 10.6. The van der Waals surface area contributed by atoms with Crippen LogP contribution in [0.5, 0.6) is 5.75 Å². The third kappa shape index (κ3) is 2.72. The van der Waals surface area contributed by atoms with Crippen molar-refractivity contribution in [3.63, 3.8) is 0 Å². The van der Waals surface area contributed by atoms with Crippen molar-refractivity contribution in [3.8, 4) is 5.75 Å². The van der Waals surface area contributed by atoms with Crippen LogP contribution in [-0.2, 0) is 6.54 Å². The Morgan fingerprint density at radius 1 is 1.54 bits per heavy atom. The van der Waals surface area contributed by atoms with Gasteiger partial charge in [-0.3, -0.25) is 4.68 Å². The largest absolute Gasteiger partial charge is 0.492 e. The molecule has 0 saturated heterocycles. The molecule has 13 heavy (non-hydrogen) atoms. The van der Waals surface area contributed by atoms with E-state index in [-0.39, 0.29) is 5.41 Å². The Morgan fingerprint density at radius 3 is 2.54 bits per heavy atom. The molecule has 0 aromatic carbocycles. The van der Waals surface area contributed by atoms with Gasteiger partial charge in [0.25, 0.3) is 0 Å². The summed E-state index contributed by atoms with van der Waals surface area (Å²) in [5.41, 5.74) is 0.222. The molecule has 1 aromatic rings. The Labute approximate surface area is 87.2 Å². The highest BCUT2D eigenvalue weighted by atomic mass is 79.9. The number of aromatic nitrogens is 2. The Morgan fingerprint density at radius 2 is 2.15 bits per heavy atom. The quantitative estimate of drug-likeness (QED) is 0.803. The van der Waals surface area contributed by atoms with Gasteiger partial charge in [-0.2, -0.15) is 5.10 Å². The Hall–Kier alpha value is -0.510. The molecule has 0 aliphatic heterocycles. The van der Waals surface area contributed by atoms with E-state index < -0.39 is 0 Å². The summed E-state index contributed by atoms with van der Waals surface area (Å²) in [6.07, 6.45) is 1.72. The summed E-state index contributed by atoms with van der Waals surface area (Å²) in [6.45, 7) is 7.39. The fraction of sp³-hybridized carbons (Fsp3) is 0.667. The van der Waals surface area contributed by atoms with Crippen LogP contribution in [-0.4, -0.2) is 16.9 Å². The van der Waals surface area contributed by atoms with Crippen molar-refractivity contribution in [1.29, 1.82) is 0 Å². The lowest BCUT2D eigenvalue weighted by Crippen LogP contribution is -2.16. The van der Waals surface area contributed by atoms with E-state index >= 15 is 0 Å². The molecule has 0 fully saturated rings. The van der Waals surface area contributed by atoms with Gasteiger partial charge >= 0.3 is 0 Å². The molecule has 0 saturated carbocycles. The van der Waals surface area contributed by atoms with Crippen LogP contribution in [0.4, 0.5) is 0 Å². The van der Waals surface area contributed by atoms with Crippen molar-refractivity contribution < 1.29 is 4.74 Å². The molecule has 3 nitrogen and oxygen atoms in total. The van der Waals surface area contributed by atoms with Gasteiger partial charge in [-0.05, 0) is 21.3 Å². The van der Waals surface area contributed by atoms with E-state index in [4.69, 9.17) is 4.74 Å². The highest BCUT2D eigenvalue weighted by molar-refractivity contribution is 9.10. The van der Waals surface area contributed by atoms with Gasteiger partial charge in [-0.1, -0.05) is 20.8 Å². The minimum absolute atomic E-state index is 0.222. The van der Waals surface area contributed by atoms with E-state index in [0.29, 0.717) is 0 Å². The molecule has 0 unspecified atom stereocenters. The van der Waals surface area contributed by atoms with E-state index in [1.165, 1.54) is 0 Å². The molecule has 0 amide bonds. The highest BCUT2D eigenvalue weighted by Crippen LogP contribution is 2.26. The van der Waals surface area contributed by atoms with Gasteiger partial charge in [0.15, 0.2) is 5.75 Å². The third-order valence-corrected chi connectivity index (χ3v) is 2.39. The van der Waals surface area contributed by atoms with Crippen LogP contribution >= 0.6 is 15.9 Å². The van der Waals surface area contributed by atoms with Gasteiger partial charge in [0.05, 0.1) is 13.3 Å². The van der Waals surface area contributed by atoms with Crippen LogP contribution in [0.15, 0.2) is 10.8 Å². The second kappa shape index (κ2) is 3.70. The lowest BCUT2D eigenvalue weighted by Gasteiger charge is -2.18. The molecule has 0 radical (unpaired) electrons. The number of hydrogen-bond donors (Lipinski definition) is 0. The number of halogens is 1. The van der Waals surface area contributed by atoms with Crippen molar-refractivity contribution in [3.05, 3.63) is 10.8 Å². The van der Waals surface area contributed by atoms with E-state index in [9.17, 15) is 0 Å². The zero-order chi connectivity index (χ0) is 10.1. The maximum atomic E-state index is 5.11. The Kier molecular flexibility index (Phi) is 3.01. The summed E-state index contributed by atoms with van der Waals surface area (Å²) >= 11 is 3.44. The summed E-state index contributed by atoms with van der Waals surface area (Å²) in [7, 11) is 1.64. The topological polar surface area (TPSA) is 27.1 Å². The summed E-state index contributed by atoms with van der Waals surface area (Å²) in [5.74, 6) is 0.782. The van der Waals surface area contributed by atoms with Gasteiger partial charge in [-0.25, -0.2) is 0 Å². The average Bonchev–Trinajstić information content (AvgIpc) is 2.30. The first-order valence-corrected chi connectivity index (χ1v) is 4.98. The van der Waals surface area contributed by atoms with Crippen LogP contribution < -0.4 is 4.74 Å². The fourth-order valence-electron chi connectivity index (χ4n) is 1.05. The molecule has 0 aliphatic carbocycles. The fourth-order valence-corrected chi connectivity index (χ4v) is 1.53. The van der Waals surface area contributed by atoms with E-state index in [0.717, 1.165) is 16.9 Å². The van der Waals surface area contributed by atoms with Gasteiger partial charge < -0.3 is 4.74 Å². The van der Waals surface area contributed by atoms with E-state index in [1.807, 2.05) is 4.68 Å². The summed E-state index contributed by atoms with van der Waals surface area (Å²) < 4.78 is 7.92. The van der Waals surface area contributed by atoms with Crippen LogP contribution in [0.1, 0.15) is 20.8 Å². The van der Waals surface area contributed by atoms with Gasteiger partial charge in [0, 0.05) is 6.54 Å². The molecule has 1 rings (SSSR count). The molecule has 4 heteroatoms. The zero-order valence-electron chi connectivity index (χ0n) is 8.47. The lowest BCUT2D eigenvalue weighted by atomic mass is 9.97. The van der Waals surface area contributed by atoms with Gasteiger partial charge in [0.1, 0.15) is 4.60 Å². The van der Waals surface area contributed by atoms with Crippen molar-refractivity contribution in [2.45, 2.75) is 27.3 Å². The van der Waals surface area contributed by atoms with Gasteiger partial charge in [-0.15, -0.1) is 0 Å². The number of hydrogen-bond acceptors (Lipinski definition) is 2. The van der Waals surface area contributed by atoms with Gasteiger partial charge in [0.2, 0.25) is 0 Å². The molecule has 0 atom stereocenters. The first-order chi connectivity index (χ1) is 5.94. The van der Waals surface area contributed by atoms with E-state index in [2.05, 4.69) is 41.8 Å². The molecule has 74 valence electrons. The van der Waals surface area contributed by atoms with E-state index in [1.54, 1.807) is 13.3 Å². The normalized spacial score (nSPS) is 11.8. The Bertz CT molecular complexity index is 288. The zero-order valence-corrected chi connectivity index (χ0v) is 10.1. The summed E-state index contributed by atoms with van der Waals surface area (Å²) in [6, 6.07) is 0. The second-order valence-corrected chi connectivity index (χ2v) is 4.97. The number of ether oxygens (including phenoxy) is 1. The lowest BCUT2D eigenvalue weighted by molar-refractivity contribution is 0.320. The van der Waals surface area contributed by atoms with Crippen molar-refractivity contribution >= 4 is 15.9 Å². The molecule has 1 heterocycles. The maximum Gasteiger partial charge on any atom is 0.171 e.